The molecule has 13 heavy (non-hydrogen) atoms. The number of nitriles is 1. The average molecular weight is 203 g/mol. The Bertz CT molecular complexity index is 346. The van der Waals surface area contributed by atoms with E-state index in [1.807, 2.05) is 0 Å². The molecule has 5 heteroatoms. The fraction of sp³-hybridized carbons (Fsp3) is 0.250. The van der Waals surface area contributed by atoms with E-state index >= 15 is 0 Å². The second-order valence-corrected chi connectivity index (χ2v) is 2.59. The number of rotatable bonds is 2. The molecule has 2 nitrogen and oxygen atoms in total. The molecule has 68 valence electrons. The Morgan fingerprint density at radius 3 is 2.77 bits per heavy atom. The van der Waals surface area contributed by atoms with Crippen molar-refractivity contribution < 1.29 is 8.78 Å². The minimum Gasteiger partial charge on any atom is -0.245 e. The minimum absolute atomic E-state index is 0.0104. The van der Waals surface area contributed by atoms with Gasteiger partial charge in [0.15, 0.2) is 0 Å². The minimum atomic E-state index is -2.58. The summed E-state index contributed by atoms with van der Waals surface area (Å²) in [6.45, 7) is 0. The monoisotopic (exact) mass is 202 g/mol. The van der Waals surface area contributed by atoms with Gasteiger partial charge in [-0.2, -0.15) is 5.26 Å². The smallest absolute Gasteiger partial charge is 0.245 e. The highest BCUT2D eigenvalue weighted by Crippen LogP contribution is 2.20. The molecule has 0 aliphatic rings. The standard InChI is InChI=1S/C8H5ClF2N2/c9-2-5-1-6(8(10)11)4-13-7(5)3-12/h1,4,8H,2H2. The first kappa shape index (κ1) is 9.87. The Morgan fingerprint density at radius 2 is 2.31 bits per heavy atom. The molecular weight excluding hydrogens is 198 g/mol. The lowest BCUT2D eigenvalue weighted by Crippen LogP contribution is -1.94. The molecule has 1 rings (SSSR count). The number of pyridine rings is 1. The van der Waals surface area contributed by atoms with Gasteiger partial charge in [-0.05, 0) is 6.07 Å². The largest absolute Gasteiger partial charge is 0.265 e. The molecule has 0 aliphatic heterocycles. The van der Waals surface area contributed by atoms with Crippen LogP contribution in [0, 0.1) is 11.3 Å². The van der Waals surface area contributed by atoms with Gasteiger partial charge in [0.25, 0.3) is 6.43 Å². The Morgan fingerprint density at radius 1 is 1.62 bits per heavy atom. The van der Waals surface area contributed by atoms with Crippen LogP contribution in [0.2, 0.25) is 0 Å². The predicted molar refractivity (Wildman–Crippen MR) is 43.5 cm³/mol. The van der Waals surface area contributed by atoms with Crippen LogP contribution in [0.1, 0.15) is 23.2 Å². The molecule has 0 aliphatic carbocycles. The van der Waals surface area contributed by atoms with Gasteiger partial charge in [0.2, 0.25) is 0 Å². The highest BCUT2D eigenvalue weighted by Gasteiger charge is 2.10. The first-order valence-corrected chi connectivity index (χ1v) is 3.95. The third kappa shape index (κ3) is 2.13. The van der Waals surface area contributed by atoms with Crippen molar-refractivity contribution in [3.63, 3.8) is 0 Å². The number of aromatic nitrogens is 1. The van der Waals surface area contributed by atoms with Gasteiger partial charge in [-0.25, -0.2) is 13.8 Å². The first-order chi connectivity index (χ1) is 6.19. The van der Waals surface area contributed by atoms with E-state index < -0.39 is 6.43 Å². The van der Waals surface area contributed by atoms with Crippen molar-refractivity contribution in [3.8, 4) is 6.07 Å². The van der Waals surface area contributed by atoms with E-state index in [4.69, 9.17) is 16.9 Å². The molecule has 0 fully saturated rings. The van der Waals surface area contributed by atoms with Gasteiger partial charge < -0.3 is 0 Å². The lowest BCUT2D eigenvalue weighted by molar-refractivity contribution is 0.151. The van der Waals surface area contributed by atoms with E-state index in [0.29, 0.717) is 5.56 Å². The maximum Gasteiger partial charge on any atom is 0.265 e. The molecule has 0 saturated carbocycles. The van der Waals surface area contributed by atoms with Gasteiger partial charge in [0.05, 0.1) is 5.88 Å². The van der Waals surface area contributed by atoms with Gasteiger partial charge in [0, 0.05) is 17.3 Å². The van der Waals surface area contributed by atoms with Crippen LogP contribution in [0.5, 0.6) is 0 Å². The van der Waals surface area contributed by atoms with E-state index in [0.717, 1.165) is 6.20 Å². The molecule has 0 atom stereocenters. The molecule has 0 N–H and O–H groups in total. The van der Waals surface area contributed by atoms with Crippen LogP contribution in [-0.4, -0.2) is 4.98 Å². The SMILES string of the molecule is N#Cc1ncc(C(F)F)cc1CCl. The maximum atomic E-state index is 12.2. The van der Waals surface area contributed by atoms with Gasteiger partial charge in [-0.3, -0.25) is 0 Å². The quantitative estimate of drug-likeness (QED) is 0.692. The predicted octanol–water partition coefficient (Wildman–Crippen LogP) is 2.63. The lowest BCUT2D eigenvalue weighted by atomic mass is 10.1. The molecule has 1 aromatic rings. The fourth-order valence-electron chi connectivity index (χ4n) is 0.851. The topological polar surface area (TPSA) is 36.7 Å². The second-order valence-electron chi connectivity index (χ2n) is 2.32. The summed E-state index contributed by atoms with van der Waals surface area (Å²) in [5.74, 6) is 0.0104. The van der Waals surface area contributed by atoms with Crippen molar-refractivity contribution >= 4 is 11.6 Å². The summed E-state index contributed by atoms with van der Waals surface area (Å²) in [4.78, 5) is 3.56. The molecule has 0 saturated heterocycles. The van der Waals surface area contributed by atoms with Crippen molar-refractivity contribution in [3.05, 3.63) is 29.1 Å². The summed E-state index contributed by atoms with van der Waals surface area (Å²) in [7, 11) is 0. The van der Waals surface area contributed by atoms with E-state index in [2.05, 4.69) is 4.98 Å². The van der Waals surface area contributed by atoms with Crippen molar-refractivity contribution in [1.82, 2.24) is 4.98 Å². The maximum absolute atomic E-state index is 12.2. The number of alkyl halides is 3. The molecule has 1 aromatic heterocycles. The van der Waals surface area contributed by atoms with Crippen molar-refractivity contribution in [2.75, 3.05) is 0 Å². The van der Waals surface area contributed by atoms with Gasteiger partial charge >= 0.3 is 0 Å². The fourth-order valence-corrected chi connectivity index (χ4v) is 1.05. The summed E-state index contributed by atoms with van der Waals surface area (Å²) in [6.07, 6.45) is -1.60. The number of nitrogens with zero attached hydrogens (tertiary/aromatic N) is 2. The summed E-state index contributed by atoms with van der Waals surface area (Å²) in [6, 6.07) is 2.97. The summed E-state index contributed by atoms with van der Waals surface area (Å²) >= 11 is 5.45. The highest BCUT2D eigenvalue weighted by atomic mass is 35.5. The van der Waals surface area contributed by atoms with Gasteiger partial charge in [0.1, 0.15) is 11.8 Å². The van der Waals surface area contributed by atoms with Crippen LogP contribution in [0.3, 0.4) is 0 Å². The summed E-state index contributed by atoms with van der Waals surface area (Å²) in [5, 5.41) is 8.52. The average Bonchev–Trinajstić information content (AvgIpc) is 2.16. The van der Waals surface area contributed by atoms with E-state index in [1.54, 1.807) is 6.07 Å². The molecule has 0 amide bonds. The van der Waals surface area contributed by atoms with Gasteiger partial charge in [-0.1, -0.05) is 0 Å². The summed E-state index contributed by atoms with van der Waals surface area (Å²) in [5.41, 5.74) is 0.219. The Labute approximate surface area is 78.8 Å². The number of halogens is 3. The first-order valence-electron chi connectivity index (χ1n) is 3.42. The molecule has 0 spiro atoms. The molecule has 1 heterocycles. The third-order valence-electron chi connectivity index (χ3n) is 1.49. The molecule has 0 aromatic carbocycles. The van der Waals surface area contributed by atoms with E-state index in [-0.39, 0.29) is 17.1 Å². The van der Waals surface area contributed by atoms with Crippen LogP contribution in [0.4, 0.5) is 8.78 Å². The molecule has 0 unspecified atom stereocenters. The Kier molecular flexibility index (Phi) is 3.15. The van der Waals surface area contributed by atoms with Crippen molar-refractivity contribution in [2.45, 2.75) is 12.3 Å². The highest BCUT2D eigenvalue weighted by molar-refractivity contribution is 6.17. The van der Waals surface area contributed by atoms with Crippen LogP contribution in [0.25, 0.3) is 0 Å². The summed E-state index contributed by atoms with van der Waals surface area (Å²) < 4.78 is 24.3. The zero-order valence-corrected chi connectivity index (χ0v) is 7.22. The Balaban J connectivity index is 3.15. The van der Waals surface area contributed by atoms with Gasteiger partial charge in [-0.15, -0.1) is 11.6 Å². The third-order valence-corrected chi connectivity index (χ3v) is 1.78. The van der Waals surface area contributed by atoms with Crippen molar-refractivity contribution in [2.24, 2.45) is 0 Å². The van der Waals surface area contributed by atoms with E-state index in [1.165, 1.54) is 6.07 Å². The normalized spacial score (nSPS) is 10.1. The zero-order valence-electron chi connectivity index (χ0n) is 6.47. The Hall–Kier alpha value is -1.21. The second kappa shape index (κ2) is 4.15. The van der Waals surface area contributed by atoms with Crippen LogP contribution in [0.15, 0.2) is 12.3 Å². The number of hydrogen-bond acceptors (Lipinski definition) is 2. The molecular formula is C8H5ClF2N2. The number of hydrogen-bond donors (Lipinski definition) is 0. The van der Waals surface area contributed by atoms with Crippen LogP contribution >= 0.6 is 11.6 Å². The zero-order chi connectivity index (χ0) is 9.84. The van der Waals surface area contributed by atoms with Crippen molar-refractivity contribution in [1.29, 1.82) is 5.26 Å². The van der Waals surface area contributed by atoms with Crippen LogP contribution < -0.4 is 0 Å². The van der Waals surface area contributed by atoms with E-state index in [9.17, 15) is 8.78 Å². The lowest BCUT2D eigenvalue weighted by Gasteiger charge is -2.02. The van der Waals surface area contributed by atoms with Crippen LogP contribution in [-0.2, 0) is 5.88 Å². The molecule has 0 bridgehead atoms. The molecule has 0 radical (unpaired) electrons.